The first-order valence-corrected chi connectivity index (χ1v) is 21.1. The molecule has 4 nitrogen and oxygen atoms in total. The molecule has 0 aliphatic carbocycles. The molecular formula is C54H58O4. The molecule has 0 bridgehead atoms. The number of hydrogen-bond donors (Lipinski definition) is 0. The first kappa shape index (κ1) is 41.9. The molecule has 0 amide bonds. The Morgan fingerprint density at radius 3 is 0.948 bits per heavy atom. The van der Waals surface area contributed by atoms with E-state index in [0.717, 1.165) is 81.3 Å². The maximum absolute atomic E-state index is 13.6. The van der Waals surface area contributed by atoms with Gasteiger partial charge >= 0.3 is 11.9 Å². The topological polar surface area (TPSA) is 52.6 Å². The van der Waals surface area contributed by atoms with Gasteiger partial charge in [-0.3, -0.25) is 9.59 Å². The summed E-state index contributed by atoms with van der Waals surface area (Å²) in [4.78, 5) is 27.3. The summed E-state index contributed by atoms with van der Waals surface area (Å²) >= 11 is 0. The summed E-state index contributed by atoms with van der Waals surface area (Å²) in [6.45, 7) is 12.3. The van der Waals surface area contributed by atoms with Gasteiger partial charge in [-0.1, -0.05) is 197 Å². The average molecular weight is 771 g/mol. The molecule has 0 N–H and O–H groups in total. The van der Waals surface area contributed by atoms with Gasteiger partial charge in [0, 0.05) is 0 Å². The molecular weight excluding hydrogens is 713 g/mol. The molecule has 0 aliphatic rings. The number of carbonyl (C=O) groups excluding carboxylic acids is 2. The fourth-order valence-electron chi connectivity index (χ4n) is 8.03. The summed E-state index contributed by atoms with van der Waals surface area (Å²) in [6.07, 6.45) is 1.94. The van der Waals surface area contributed by atoms with Gasteiger partial charge in [0.1, 0.15) is 12.2 Å². The Hall–Kier alpha value is -5.74. The van der Waals surface area contributed by atoms with Gasteiger partial charge < -0.3 is 9.47 Å². The van der Waals surface area contributed by atoms with Crippen molar-refractivity contribution in [2.75, 3.05) is 0 Å². The van der Waals surface area contributed by atoms with Crippen molar-refractivity contribution in [2.45, 2.75) is 91.3 Å². The van der Waals surface area contributed by atoms with Crippen molar-refractivity contribution in [3.05, 3.63) is 202 Å². The van der Waals surface area contributed by atoms with Crippen LogP contribution in [0.4, 0.5) is 0 Å². The van der Waals surface area contributed by atoms with Crippen molar-refractivity contribution >= 4 is 11.9 Å². The van der Waals surface area contributed by atoms with Crippen LogP contribution in [0.3, 0.4) is 0 Å². The Morgan fingerprint density at radius 1 is 0.379 bits per heavy atom. The molecule has 0 saturated carbocycles. The van der Waals surface area contributed by atoms with Crippen LogP contribution in [0.1, 0.15) is 122 Å². The molecule has 6 aromatic rings. The van der Waals surface area contributed by atoms with E-state index in [2.05, 4.69) is 135 Å². The molecule has 4 unspecified atom stereocenters. The van der Waals surface area contributed by atoms with Crippen molar-refractivity contribution in [3.8, 4) is 11.1 Å². The maximum atomic E-state index is 13.6. The molecule has 0 saturated heterocycles. The zero-order valence-electron chi connectivity index (χ0n) is 34.9. The zero-order chi connectivity index (χ0) is 41.0. The highest BCUT2D eigenvalue weighted by atomic mass is 16.5. The predicted molar refractivity (Wildman–Crippen MR) is 237 cm³/mol. The molecule has 0 heterocycles. The van der Waals surface area contributed by atoms with Gasteiger partial charge in [-0.25, -0.2) is 0 Å². The first-order valence-electron chi connectivity index (χ1n) is 21.1. The van der Waals surface area contributed by atoms with Crippen molar-refractivity contribution in [2.24, 2.45) is 11.8 Å². The van der Waals surface area contributed by atoms with E-state index in [1.807, 2.05) is 64.1 Å². The molecule has 58 heavy (non-hydrogen) atoms. The zero-order valence-corrected chi connectivity index (χ0v) is 34.9. The van der Waals surface area contributed by atoms with Gasteiger partial charge in [-0.05, 0) is 84.0 Å². The lowest BCUT2D eigenvalue weighted by molar-refractivity contribution is -0.156. The smallest absolute Gasteiger partial charge is 0.309 e. The Balaban J connectivity index is 1.36. The number of rotatable bonds is 17. The second-order valence-corrected chi connectivity index (χ2v) is 15.6. The number of carbonyl (C=O) groups is 2. The van der Waals surface area contributed by atoms with Crippen molar-refractivity contribution in [1.82, 2.24) is 0 Å². The normalized spacial score (nSPS) is 13.4. The summed E-state index contributed by atoms with van der Waals surface area (Å²) in [5.74, 6) is -1.05. The number of ether oxygens (including phenoxy) is 2. The highest BCUT2D eigenvalue weighted by Gasteiger charge is 2.33. The van der Waals surface area contributed by atoms with Gasteiger partial charge in [0.25, 0.3) is 0 Å². The monoisotopic (exact) mass is 770 g/mol. The van der Waals surface area contributed by atoms with E-state index in [-0.39, 0.29) is 35.6 Å². The molecule has 6 rings (SSSR count). The number of esters is 2. The minimum Gasteiger partial charge on any atom is -0.456 e. The molecule has 0 aromatic heterocycles. The Labute approximate surface area is 346 Å². The quantitative estimate of drug-likeness (QED) is 0.0867. The van der Waals surface area contributed by atoms with Crippen molar-refractivity contribution in [3.63, 3.8) is 0 Å². The highest BCUT2D eigenvalue weighted by molar-refractivity contribution is 5.73. The van der Waals surface area contributed by atoms with Gasteiger partial charge in [-0.2, -0.15) is 0 Å². The predicted octanol–water partition coefficient (Wildman–Crippen LogP) is 13.7. The first-order chi connectivity index (χ1) is 28.2. The molecule has 6 aromatic carbocycles. The molecule has 4 heteroatoms. The summed E-state index contributed by atoms with van der Waals surface area (Å²) in [7, 11) is 0. The second-order valence-electron chi connectivity index (χ2n) is 15.6. The lowest BCUT2D eigenvalue weighted by atomic mass is 9.82. The maximum Gasteiger partial charge on any atom is 0.309 e. The van der Waals surface area contributed by atoms with E-state index in [9.17, 15) is 9.59 Å². The van der Waals surface area contributed by atoms with E-state index in [1.165, 1.54) is 0 Å². The fourth-order valence-corrected chi connectivity index (χ4v) is 8.03. The third kappa shape index (κ3) is 10.0. The summed E-state index contributed by atoms with van der Waals surface area (Å²) < 4.78 is 13.0. The molecule has 0 fully saturated rings. The molecule has 0 spiro atoms. The van der Waals surface area contributed by atoms with E-state index in [1.54, 1.807) is 0 Å². The SMILES string of the molecule is CCC(CC)C(=O)OC(c1ccc(C)cc1)C(c1ccccc1)c1ccc(-c2ccc(C(c3ccccc3)C(OC(=O)C(CC)CC)c3ccc(C)cc3)cc2)cc1. The van der Waals surface area contributed by atoms with E-state index >= 15 is 0 Å². The lowest BCUT2D eigenvalue weighted by Crippen LogP contribution is -2.24. The third-order valence-corrected chi connectivity index (χ3v) is 11.7. The van der Waals surface area contributed by atoms with Crippen molar-refractivity contribution in [1.29, 1.82) is 0 Å². The Kier molecular flexibility index (Phi) is 14.5. The highest BCUT2D eigenvalue weighted by Crippen LogP contribution is 2.43. The summed E-state index contributed by atoms with van der Waals surface area (Å²) in [6, 6.07) is 54.8. The largest absolute Gasteiger partial charge is 0.456 e. The average Bonchev–Trinajstić information content (AvgIpc) is 3.26. The van der Waals surface area contributed by atoms with Crippen LogP contribution in [0.15, 0.2) is 158 Å². The van der Waals surface area contributed by atoms with Crippen LogP contribution in [0.2, 0.25) is 0 Å². The van der Waals surface area contributed by atoms with Crippen molar-refractivity contribution < 1.29 is 19.1 Å². The number of hydrogen-bond acceptors (Lipinski definition) is 4. The van der Waals surface area contributed by atoms with E-state index in [0.29, 0.717) is 0 Å². The van der Waals surface area contributed by atoms with Crippen LogP contribution in [0.5, 0.6) is 0 Å². The molecule has 0 radical (unpaired) electrons. The summed E-state index contributed by atoms with van der Waals surface area (Å²) in [5.41, 5.74) is 10.7. The lowest BCUT2D eigenvalue weighted by Gasteiger charge is -2.30. The van der Waals surface area contributed by atoms with E-state index in [4.69, 9.17) is 9.47 Å². The van der Waals surface area contributed by atoms with Crippen LogP contribution in [0.25, 0.3) is 11.1 Å². The molecule has 0 aliphatic heterocycles. The molecule has 4 atom stereocenters. The Bertz CT molecular complexity index is 2010. The minimum atomic E-state index is -0.503. The third-order valence-electron chi connectivity index (χ3n) is 11.7. The van der Waals surface area contributed by atoms with Gasteiger partial charge in [-0.15, -0.1) is 0 Å². The van der Waals surface area contributed by atoms with Crippen LogP contribution >= 0.6 is 0 Å². The van der Waals surface area contributed by atoms with Crippen LogP contribution in [-0.4, -0.2) is 11.9 Å². The van der Waals surface area contributed by atoms with Gasteiger partial charge in [0.2, 0.25) is 0 Å². The number of benzene rings is 6. The summed E-state index contributed by atoms with van der Waals surface area (Å²) in [5, 5.41) is 0. The van der Waals surface area contributed by atoms with E-state index < -0.39 is 12.2 Å². The Morgan fingerprint density at radius 2 is 0.655 bits per heavy atom. The minimum absolute atomic E-state index is 0.153. The molecule has 298 valence electrons. The van der Waals surface area contributed by atoms with Crippen LogP contribution < -0.4 is 0 Å². The number of aryl methyl sites for hydroxylation is 2. The fraction of sp³-hybridized carbons (Fsp3) is 0.296. The second kappa shape index (κ2) is 20.1. The standard InChI is InChI=1S/C54H58O4/c1-7-39(8-2)53(55)57-51(47-25-21-37(5)22-26-47)49(43-17-13-11-14-18-43)45-33-29-41(30-34-45)42-31-35-46(36-32-42)50(44-19-15-12-16-20-44)52(48-27-23-38(6)24-28-48)58-54(56)40(9-3)10-4/h11-36,39-40,49-52H,7-10H2,1-6H3. The van der Waals surface area contributed by atoms with Gasteiger partial charge in [0.05, 0.1) is 23.7 Å². The van der Waals surface area contributed by atoms with Gasteiger partial charge in [0.15, 0.2) is 0 Å². The van der Waals surface area contributed by atoms with Crippen LogP contribution in [0, 0.1) is 25.7 Å². The van der Waals surface area contributed by atoms with Crippen LogP contribution in [-0.2, 0) is 19.1 Å².